The molecule has 0 aliphatic rings. The number of hydrogen-bond donors (Lipinski definition) is 1. The van der Waals surface area contributed by atoms with Gasteiger partial charge in [-0.2, -0.15) is 0 Å². The summed E-state index contributed by atoms with van der Waals surface area (Å²) in [6.07, 6.45) is 3.41. The van der Waals surface area contributed by atoms with Crippen LogP contribution in [-0.4, -0.2) is 11.7 Å². The summed E-state index contributed by atoms with van der Waals surface area (Å²) in [4.78, 5) is 0. The highest BCUT2D eigenvalue weighted by Crippen LogP contribution is 2.19. The molecule has 0 saturated carbocycles. The molecule has 0 unspecified atom stereocenters. The Kier molecular flexibility index (Phi) is 2.15. The van der Waals surface area contributed by atoms with Crippen LogP contribution < -0.4 is 0 Å². The molecule has 0 spiro atoms. The highest BCUT2D eigenvalue weighted by atomic mass is 16.3. The summed E-state index contributed by atoms with van der Waals surface area (Å²) in [5.74, 6) is 0.773. The van der Waals surface area contributed by atoms with Gasteiger partial charge >= 0.3 is 0 Å². The SMILES string of the molecule is OCC=Cc1cc2ccccc2o1. The fourth-order valence-electron chi connectivity index (χ4n) is 1.25. The van der Waals surface area contributed by atoms with Gasteiger partial charge < -0.3 is 9.52 Å². The van der Waals surface area contributed by atoms with Crippen LogP contribution in [-0.2, 0) is 0 Å². The van der Waals surface area contributed by atoms with E-state index in [1.807, 2.05) is 30.3 Å². The van der Waals surface area contributed by atoms with E-state index < -0.39 is 0 Å². The van der Waals surface area contributed by atoms with Crippen LogP contribution in [0.5, 0.6) is 0 Å². The number of fused-ring (bicyclic) bond motifs is 1. The van der Waals surface area contributed by atoms with Crippen molar-refractivity contribution >= 4 is 17.0 Å². The van der Waals surface area contributed by atoms with Crippen LogP contribution in [0.4, 0.5) is 0 Å². The first-order valence-corrected chi connectivity index (χ1v) is 4.16. The lowest BCUT2D eigenvalue weighted by atomic mass is 10.2. The van der Waals surface area contributed by atoms with Crippen LogP contribution in [0.3, 0.4) is 0 Å². The number of furan rings is 1. The van der Waals surface area contributed by atoms with Crippen LogP contribution in [0.2, 0.25) is 0 Å². The predicted molar refractivity (Wildman–Crippen MR) is 52.3 cm³/mol. The van der Waals surface area contributed by atoms with Gasteiger partial charge in [-0.1, -0.05) is 24.3 Å². The average molecular weight is 174 g/mol. The van der Waals surface area contributed by atoms with E-state index in [1.54, 1.807) is 12.2 Å². The van der Waals surface area contributed by atoms with Crippen molar-refractivity contribution in [3.8, 4) is 0 Å². The zero-order valence-electron chi connectivity index (χ0n) is 7.10. The molecule has 0 aliphatic carbocycles. The molecule has 0 bridgehead atoms. The van der Waals surface area contributed by atoms with Crippen molar-refractivity contribution in [3.63, 3.8) is 0 Å². The first-order chi connectivity index (χ1) is 6.40. The van der Waals surface area contributed by atoms with Crippen LogP contribution in [0.25, 0.3) is 17.0 Å². The maximum absolute atomic E-state index is 8.57. The summed E-state index contributed by atoms with van der Waals surface area (Å²) in [5, 5.41) is 9.66. The van der Waals surface area contributed by atoms with E-state index in [-0.39, 0.29) is 6.61 Å². The van der Waals surface area contributed by atoms with Crippen LogP contribution in [0.15, 0.2) is 40.8 Å². The maximum atomic E-state index is 8.57. The predicted octanol–water partition coefficient (Wildman–Crippen LogP) is 2.44. The Morgan fingerprint density at radius 3 is 2.92 bits per heavy atom. The summed E-state index contributed by atoms with van der Waals surface area (Å²) in [6, 6.07) is 9.77. The minimum atomic E-state index is 0.0387. The van der Waals surface area contributed by atoms with Crippen LogP contribution in [0.1, 0.15) is 5.76 Å². The van der Waals surface area contributed by atoms with Gasteiger partial charge in [0.15, 0.2) is 0 Å². The Bertz CT molecular complexity index is 393. The first-order valence-electron chi connectivity index (χ1n) is 4.16. The van der Waals surface area contributed by atoms with E-state index in [2.05, 4.69) is 0 Å². The minimum absolute atomic E-state index is 0.0387. The topological polar surface area (TPSA) is 33.4 Å². The number of aliphatic hydroxyl groups excluding tert-OH is 1. The Morgan fingerprint density at radius 2 is 2.15 bits per heavy atom. The molecule has 0 radical (unpaired) electrons. The Hall–Kier alpha value is -1.54. The monoisotopic (exact) mass is 174 g/mol. The Morgan fingerprint density at radius 1 is 1.31 bits per heavy atom. The van der Waals surface area contributed by atoms with Gasteiger partial charge in [-0.3, -0.25) is 0 Å². The first kappa shape index (κ1) is 8.08. The molecular weight excluding hydrogens is 164 g/mol. The van der Waals surface area contributed by atoms with Crippen LogP contribution in [0, 0.1) is 0 Å². The second-order valence-electron chi connectivity index (χ2n) is 2.77. The van der Waals surface area contributed by atoms with E-state index in [0.717, 1.165) is 16.7 Å². The molecular formula is C11H10O2. The summed E-state index contributed by atoms with van der Waals surface area (Å²) < 4.78 is 5.47. The Labute approximate surface area is 76.1 Å². The molecule has 0 atom stereocenters. The van der Waals surface area contributed by atoms with Crippen molar-refractivity contribution in [1.82, 2.24) is 0 Å². The quantitative estimate of drug-likeness (QED) is 0.758. The van der Waals surface area contributed by atoms with Crippen molar-refractivity contribution in [3.05, 3.63) is 42.2 Å². The van der Waals surface area contributed by atoms with Gasteiger partial charge in [-0.25, -0.2) is 0 Å². The number of hydrogen-bond acceptors (Lipinski definition) is 2. The molecule has 2 aromatic rings. The summed E-state index contributed by atoms with van der Waals surface area (Å²) in [7, 11) is 0. The molecule has 2 heteroatoms. The van der Waals surface area contributed by atoms with E-state index >= 15 is 0 Å². The van der Waals surface area contributed by atoms with E-state index in [9.17, 15) is 0 Å². The van der Waals surface area contributed by atoms with Gasteiger partial charge in [0, 0.05) is 5.39 Å². The van der Waals surface area contributed by atoms with E-state index in [0.29, 0.717) is 0 Å². The lowest BCUT2D eigenvalue weighted by Crippen LogP contribution is -1.69. The number of para-hydroxylation sites is 1. The van der Waals surface area contributed by atoms with Crippen molar-refractivity contribution in [1.29, 1.82) is 0 Å². The molecule has 1 N–H and O–H groups in total. The van der Waals surface area contributed by atoms with Gasteiger partial charge in [0.25, 0.3) is 0 Å². The molecule has 0 amide bonds. The highest BCUT2D eigenvalue weighted by Gasteiger charge is 1.97. The zero-order chi connectivity index (χ0) is 9.10. The summed E-state index contributed by atoms with van der Waals surface area (Å²) >= 11 is 0. The summed E-state index contributed by atoms with van der Waals surface area (Å²) in [6.45, 7) is 0.0387. The minimum Gasteiger partial charge on any atom is -0.457 e. The third kappa shape index (κ3) is 1.63. The molecule has 0 fully saturated rings. The van der Waals surface area contributed by atoms with Crippen molar-refractivity contribution < 1.29 is 9.52 Å². The average Bonchev–Trinajstić information content (AvgIpc) is 2.57. The second kappa shape index (κ2) is 3.46. The molecule has 66 valence electrons. The largest absolute Gasteiger partial charge is 0.457 e. The molecule has 0 aliphatic heterocycles. The normalized spacial score (nSPS) is 11.5. The van der Waals surface area contributed by atoms with Gasteiger partial charge in [0.2, 0.25) is 0 Å². The lowest BCUT2D eigenvalue weighted by Gasteiger charge is -1.83. The highest BCUT2D eigenvalue weighted by molar-refractivity contribution is 5.79. The molecule has 1 heterocycles. The number of benzene rings is 1. The van der Waals surface area contributed by atoms with Gasteiger partial charge in [0.05, 0.1) is 6.61 Å². The van der Waals surface area contributed by atoms with E-state index in [1.165, 1.54) is 0 Å². The summed E-state index contributed by atoms with van der Waals surface area (Å²) in [5.41, 5.74) is 0.875. The third-order valence-corrected chi connectivity index (χ3v) is 1.83. The molecule has 1 aromatic carbocycles. The zero-order valence-corrected chi connectivity index (χ0v) is 7.10. The maximum Gasteiger partial charge on any atom is 0.134 e. The van der Waals surface area contributed by atoms with E-state index in [4.69, 9.17) is 9.52 Å². The molecule has 2 nitrogen and oxygen atoms in total. The lowest BCUT2D eigenvalue weighted by molar-refractivity contribution is 0.343. The van der Waals surface area contributed by atoms with Crippen molar-refractivity contribution in [2.75, 3.05) is 6.61 Å². The molecule has 1 aromatic heterocycles. The van der Waals surface area contributed by atoms with Gasteiger partial charge in [-0.15, -0.1) is 0 Å². The second-order valence-corrected chi connectivity index (χ2v) is 2.77. The Balaban J connectivity index is 2.44. The molecule has 2 rings (SSSR count). The molecule has 0 saturated heterocycles. The smallest absolute Gasteiger partial charge is 0.134 e. The third-order valence-electron chi connectivity index (χ3n) is 1.83. The van der Waals surface area contributed by atoms with Crippen molar-refractivity contribution in [2.24, 2.45) is 0 Å². The fraction of sp³-hybridized carbons (Fsp3) is 0.0909. The van der Waals surface area contributed by atoms with Crippen LogP contribution >= 0.6 is 0 Å². The fourth-order valence-corrected chi connectivity index (χ4v) is 1.25. The number of aliphatic hydroxyl groups is 1. The molecule has 13 heavy (non-hydrogen) atoms. The van der Waals surface area contributed by atoms with Gasteiger partial charge in [0.1, 0.15) is 11.3 Å². The van der Waals surface area contributed by atoms with Crippen molar-refractivity contribution in [2.45, 2.75) is 0 Å². The standard InChI is InChI=1S/C11H10O2/c12-7-3-5-10-8-9-4-1-2-6-11(9)13-10/h1-6,8,12H,7H2. The number of rotatable bonds is 2. The van der Waals surface area contributed by atoms with Gasteiger partial charge in [-0.05, 0) is 18.2 Å².